The van der Waals surface area contributed by atoms with Gasteiger partial charge in [-0.2, -0.15) is 0 Å². The first-order valence-corrected chi connectivity index (χ1v) is 22.2. The van der Waals surface area contributed by atoms with Crippen molar-refractivity contribution in [1.82, 2.24) is 0 Å². The Kier molecular flexibility index (Phi) is 7.72. The molecule has 2 aliphatic carbocycles. The second kappa shape index (κ2) is 13.7. The maximum absolute atomic E-state index is 2.59. The van der Waals surface area contributed by atoms with Gasteiger partial charge in [0.15, 0.2) is 0 Å². The van der Waals surface area contributed by atoms with Crippen molar-refractivity contribution >= 4 is 76.4 Å². The smallest absolute Gasteiger partial charge is 0.0747 e. The molecule has 1 atom stereocenters. The number of rotatable bonds is 6. The van der Waals surface area contributed by atoms with Gasteiger partial charge in [-0.05, 0) is 99.4 Å². The van der Waals surface area contributed by atoms with Crippen LogP contribution in [0.5, 0.6) is 0 Å². The van der Waals surface area contributed by atoms with Crippen molar-refractivity contribution in [1.29, 1.82) is 0 Å². The van der Waals surface area contributed by atoms with E-state index in [0.29, 0.717) is 0 Å². The quantitative estimate of drug-likeness (QED) is 0.165. The van der Waals surface area contributed by atoms with Crippen LogP contribution in [0.1, 0.15) is 22.3 Å². The standard InChI is InChI=1S/C59H38N2S/c1-4-21-40(22-5-1)60(41-23-6-2-7-24-41)52-35-19-34-51-55(52)47-30-13-16-33-50(47)59(51)49-32-15-12-28-44(49)48-38-39-20-10-11-27-43(39)57(56(48)59)61(42-25-8-3-9-26-42)53-36-18-31-46-45-29-14-17-37-54(45)62-58(46)53/h1-38H. The van der Waals surface area contributed by atoms with Crippen LogP contribution in [-0.4, -0.2) is 0 Å². The molecule has 0 saturated carbocycles. The van der Waals surface area contributed by atoms with Crippen LogP contribution < -0.4 is 9.80 Å². The summed E-state index contributed by atoms with van der Waals surface area (Å²) in [7, 11) is 0. The van der Waals surface area contributed by atoms with E-state index in [0.717, 1.165) is 22.7 Å². The number of thiophene rings is 1. The molecule has 0 N–H and O–H groups in total. The van der Waals surface area contributed by atoms with Crippen molar-refractivity contribution < 1.29 is 0 Å². The minimum atomic E-state index is -0.645. The highest BCUT2D eigenvalue weighted by molar-refractivity contribution is 7.26. The van der Waals surface area contributed by atoms with Gasteiger partial charge in [-0.15, -0.1) is 11.3 Å². The fourth-order valence-electron chi connectivity index (χ4n) is 10.8. The Morgan fingerprint density at radius 3 is 1.60 bits per heavy atom. The van der Waals surface area contributed by atoms with Gasteiger partial charge < -0.3 is 9.80 Å². The van der Waals surface area contributed by atoms with Gasteiger partial charge in [0.25, 0.3) is 0 Å². The molecule has 10 aromatic carbocycles. The molecule has 2 nitrogen and oxygen atoms in total. The molecule has 1 aromatic heterocycles. The van der Waals surface area contributed by atoms with E-state index in [1.165, 1.54) is 86.8 Å². The van der Waals surface area contributed by atoms with Crippen LogP contribution in [0.25, 0.3) is 53.2 Å². The van der Waals surface area contributed by atoms with Crippen molar-refractivity contribution in [3.63, 3.8) is 0 Å². The molecule has 13 rings (SSSR count). The van der Waals surface area contributed by atoms with E-state index < -0.39 is 5.41 Å². The third-order valence-electron chi connectivity index (χ3n) is 13.2. The molecule has 62 heavy (non-hydrogen) atoms. The summed E-state index contributed by atoms with van der Waals surface area (Å²) in [5.74, 6) is 0. The maximum atomic E-state index is 2.59. The largest absolute Gasteiger partial charge is 0.310 e. The molecule has 1 heterocycles. The predicted octanol–water partition coefficient (Wildman–Crippen LogP) is 16.5. The molecular formula is C59H38N2S. The fourth-order valence-corrected chi connectivity index (χ4v) is 12.0. The third kappa shape index (κ3) is 4.85. The molecule has 0 bridgehead atoms. The monoisotopic (exact) mass is 806 g/mol. The molecule has 290 valence electrons. The Bertz CT molecular complexity index is 3500. The first-order chi connectivity index (χ1) is 30.8. The lowest BCUT2D eigenvalue weighted by Gasteiger charge is -2.37. The number of para-hydroxylation sites is 3. The first-order valence-electron chi connectivity index (χ1n) is 21.4. The highest BCUT2D eigenvalue weighted by atomic mass is 32.1. The zero-order valence-electron chi connectivity index (χ0n) is 33.7. The van der Waals surface area contributed by atoms with Crippen LogP contribution in [-0.2, 0) is 5.41 Å². The van der Waals surface area contributed by atoms with E-state index in [4.69, 9.17) is 0 Å². The summed E-state index contributed by atoms with van der Waals surface area (Å²) in [6, 6.07) is 85.3. The molecule has 0 saturated heterocycles. The second-order valence-corrected chi connectivity index (χ2v) is 17.4. The van der Waals surface area contributed by atoms with E-state index in [9.17, 15) is 0 Å². The SMILES string of the molecule is c1ccc(N(c2ccccc2)c2cccc3c2-c2ccccc2C32c3ccccc3-c3cc4ccccc4c(N(c4ccccc4)c4cccc5c4sc4ccccc45)c32)cc1. The van der Waals surface area contributed by atoms with Crippen molar-refractivity contribution in [2.45, 2.75) is 5.41 Å². The summed E-state index contributed by atoms with van der Waals surface area (Å²) in [5, 5.41) is 5.01. The lowest BCUT2D eigenvalue weighted by atomic mass is 9.69. The second-order valence-electron chi connectivity index (χ2n) is 16.3. The number of nitrogens with zero attached hydrogens (tertiary/aromatic N) is 2. The van der Waals surface area contributed by atoms with Crippen LogP contribution >= 0.6 is 11.3 Å². The van der Waals surface area contributed by atoms with Crippen LogP contribution in [0.4, 0.5) is 34.1 Å². The molecule has 1 unspecified atom stereocenters. The number of fused-ring (bicyclic) bond motifs is 14. The number of hydrogen-bond acceptors (Lipinski definition) is 3. The van der Waals surface area contributed by atoms with Crippen molar-refractivity contribution in [2.24, 2.45) is 0 Å². The minimum absolute atomic E-state index is 0.645. The molecule has 3 heteroatoms. The predicted molar refractivity (Wildman–Crippen MR) is 263 cm³/mol. The van der Waals surface area contributed by atoms with Gasteiger partial charge >= 0.3 is 0 Å². The zero-order valence-corrected chi connectivity index (χ0v) is 34.6. The summed E-state index contributed by atoms with van der Waals surface area (Å²) in [5.41, 5.74) is 16.6. The van der Waals surface area contributed by atoms with Crippen LogP contribution in [0.3, 0.4) is 0 Å². The molecule has 0 radical (unpaired) electrons. The maximum Gasteiger partial charge on any atom is 0.0747 e. The first kappa shape index (κ1) is 35.1. The highest BCUT2D eigenvalue weighted by Gasteiger charge is 2.54. The summed E-state index contributed by atoms with van der Waals surface area (Å²) in [4.78, 5) is 5.04. The molecule has 2 aliphatic rings. The van der Waals surface area contributed by atoms with Crippen LogP contribution in [0.15, 0.2) is 231 Å². The van der Waals surface area contributed by atoms with E-state index in [-0.39, 0.29) is 0 Å². The number of benzene rings is 10. The fraction of sp³-hybridized carbons (Fsp3) is 0.0169. The Labute approximate surface area is 364 Å². The number of hydrogen-bond donors (Lipinski definition) is 0. The Balaban J connectivity index is 1.20. The lowest BCUT2D eigenvalue weighted by molar-refractivity contribution is 0.794. The molecule has 0 fully saturated rings. The lowest BCUT2D eigenvalue weighted by Crippen LogP contribution is -2.28. The average molecular weight is 807 g/mol. The summed E-state index contributed by atoms with van der Waals surface area (Å²) >= 11 is 1.89. The van der Waals surface area contributed by atoms with Crippen LogP contribution in [0, 0.1) is 0 Å². The Morgan fingerprint density at radius 2 is 0.871 bits per heavy atom. The number of anilines is 6. The third-order valence-corrected chi connectivity index (χ3v) is 14.4. The normalized spacial score (nSPS) is 14.5. The van der Waals surface area contributed by atoms with Gasteiger partial charge in [-0.25, -0.2) is 0 Å². The van der Waals surface area contributed by atoms with Crippen molar-refractivity contribution in [2.75, 3.05) is 9.80 Å². The summed E-state index contributed by atoms with van der Waals surface area (Å²) < 4.78 is 2.57. The Hall–Kier alpha value is -7.72. The summed E-state index contributed by atoms with van der Waals surface area (Å²) in [6.45, 7) is 0. The van der Waals surface area contributed by atoms with E-state index in [1.807, 2.05) is 11.3 Å². The summed E-state index contributed by atoms with van der Waals surface area (Å²) in [6.07, 6.45) is 0. The molecule has 1 spiro atoms. The van der Waals surface area contributed by atoms with Gasteiger partial charge in [0.05, 0.1) is 27.2 Å². The van der Waals surface area contributed by atoms with Crippen molar-refractivity contribution in [3.8, 4) is 22.3 Å². The zero-order chi connectivity index (χ0) is 40.8. The van der Waals surface area contributed by atoms with Crippen molar-refractivity contribution in [3.05, 3.63) is 253 Å². The van der Waals surface area contributed by atoms with Gasteiger partial charge in [-0.3, -0.25) is 0 Å². The van der Waals surface area contributed by atoms with E-state index in [2.05, 4.69) is 240 Å². The van der Waals surface area contributed by atoms with Crippen LogP contribution in [0.2, 0.25) is 0 Å². The molecule has 0 amide bonds. The topological polar surface area (TPSA) is 6.48 Å². The molecule has 11 aromatic rings. The molecule has 0 aliphatic heterocycles. The average Bonchev–Trinajstić information content (AvgIpc) is 3.97. The van der Waals surface area contributed by atoms with E-state index >= 15 is 0 Å². The van der Waals surface area contributed by atoms with Gasteiger partial charge in [0.2, 0.25) is 0 Å². The molecular weight excluding hydrogens is 769 g/mol. The Morgan fingerprint density at radius 1 is 0.355 bits per heavy atom. The van der Waals surface area contributed by atoms with E-state index in [1.54, 1.807) is 0 Å². The highest BCUT2D eigenvalue weighted by Crippen LogP contribution is 2.68. The minimum Gasteiger partial charge on any atom is -0.310 e. The van der Waals surface area contributed by atoms with Gasteiger partial charge in [-0.1, -0.05) is 170 Å². The van der Waals surface area contributed by atoms with Gasteiger partial charge in [0.1, 0.15) is 0 Å². The van der Waals surface area contributed by atoms with Gasteiger partial charge in [0, 0.05) is 49.0 Å².